The highest BCUT2D eigenvalue weighted by Gasteiger charge is 2.34. The molecule has 1 heteroatoms. The largest absolute Gasteiger partial charge is 0.393 e. The molecule has 0 rings (SSSR count). The maximum Gasteiger partial charge on any atom is 0.0598 e. The molecule has 0 aromatic carbocycles. The van der Waals surface area contributed by atoms with E-state index >= 15 is 0 Å². The fraction of sp³-hybridized carbons (Fsp3) is 1.00. The Balaban J connectivity index is 4.62. The van der Waals surface area contributed by atoms with Gasteiger partial charge in [-0.05, 0) is 37.0 Å². The van der Waals surface area contributed by atoms with Crippen LogP contribution in [0, 0.1) is 11.3 Å². The Labute approximate surface area is 109 Å². The first-order valence-electron chi connectivity index (χ1n) is 7.70. The van der Waals surface area contributed by atoms with Crippen LogP contribution in [-0.4, -0.2) is 11.2 Å². The van der Waals surface area contributed by atoms with Crippen LogP contribution in [0.25, 0.3) is 0 Å². The molecule has 104 valence electrons. The molecule has 1 N–H and O–H groups in total. The van der Waals surface area contributed by atoms with Gasteiger partial charge >= 0.3 is 0 Å². The van der Waals surface area contributed by atoms with Gasteiger partial charge in [-0.2, -0.15) is 0 Å². The first-order valence-corrected chi connectivity index (χ1v) is 7.70. The van der Waals surface area contributed by atoms with Crippen LogP contribution >= 0.6 is 0 Å². The van der Waals surface area contributed by atoms with Gasteiger partial charge in [-0.1, -0.05) is 60.3 Å². The first-order chi connectivity index (χ1) is 8.02. The van der Waals surface area contributed by atoms with Crippen LogP contribution in [0.4, 0.5) is 0 Å². The van der Waals surface area contributed by atoms with Crippen LogP contribution < -0.4 is 0 Å². The Morgan fingerprint density at radius 2 is 1.41 bits per heavy atom. The van der Waals surface area contributed by atoms with Gasteiger partial charge in [0, 0.05) is 0 Å². The molecular formula is C16H34O. The van der Waals surface area contributed by atoms with Crippen molar-refractivity contribution in [3.63, 3.8) is 0 Å². The lowest BCUT2D eigenvalue weighted by molar-refractivity contribution is -0.00923. The van der Waals surface area contributed by atoms with E-state index in [2.05, 4.69) is 34.6 Å². The van der Waals surface area contributed by atoms with E-state index in [0.29, 0.717) is 5.92 Å². The van der Waals surface area contributed by atoms with Gasteiger partial charge in [-0.3, -0.25) is 0 Å². The summed E-state index contributed by atoms with van der Waals surface area (Å²) in [6.45, 7) is 11.2. The minimum absolute atomic E-state index is 0.106. The number of unbranched alkanes of at least 4 members (excludes halogenated alkanes) is 2. The first kappa shape index (κ1) is 17.0. The quantitative estimate of drug-likeness (QED) is 0.560. The van der Waals surface area contributed by atoms with E-state index < -0.39 is 0 Å². The van der Waals surface area contributed by atoms with E-state index in [9.17, 15) is 5.11 Å². The monoisotopic (exact) mass is 242 g/mol. The highest BCUT2D eigenvalue weighted by Crippen LogP contribution is 2.40. The predicted octanol–water partition coefficient (Wildman–Crippen LogP) is 5.17. The average Bonchev–Trinajstić information content (AvgIpc) is 2.29. The van der Waals surface area contributed by atoms with Crippen LogP contribution in [-0.2, 0) is 0 Å². The molecule has 1 atom stereocenters. The highest BCUT2D eigenvalue weighted by molar-refractivity contribution is 4.86. The molecule has 0 aliphatic heterocycles. The zero-order valence-electron chi connectivity index (χ0n) is 12.8. The Morgan fingerprint density at radius 1 is 0.941 bits per heavy atom. The Hall–Kier alpha value is -0.0400. The number of hydrogen-bond donors (Lipinski definition) is 1. The van der Waals surface area contributed by atoms with Crippen molar-refractivity contribution in [2.45, 2.75) is 92.1 Å². The standard InChI is InChI=1S/C16H34O/c1-6-9-11-16(8-3,12-10-7-2)15(17)13-14(4)5/h14-15,17H,6-13H2,1-5H3. The second kappa shape index (κ2) is 8.97. The molecule has 0 aliphatic carbocycles. The van der Waals surface area contributed by atoms with Crippen LogP contribution in [0.5, 0.6) is 0 Å². The average molecular weight is 242 g/mol. The lowest BCUT2D eigenvalue weighted by Crippen LogP contribution is -2.36. The molecule has 0 bridgehead atoms. The predicted molar refractivity (Wildman–Crippen MR) is 77.2 cm³/mol. The summed E-state index contributed by atoms with van der Waals surface area (Å²) >= 11 is 0. The maximum atomic E-state index is 10.6. The third kappa shape index (κ3) is 5.90. The van der Waals surface area contributed by atoms with E-state index in [1.807, 2.05) is 0 Å². The van der Waals surface area contributed by atoms with E-state index in [-0.39, 0.29) is 11.5 Å². The van der Waals surface area contributed by atoms with E-state index in [0.717, 1.165) is 12.8 Å². The third-order valence-electron chi connectivity index (χ3n) is 4.16. The molecule has 1 nitrogen and oxygen atoms in total. The van der Waals surface area contributed by atoms with Crippen molar-refractivity contribution >= 4 is 0 Å². The molecule has 0 aliphatic rings. The molecule has 0 fully saturated rings. The Morgan fingerprint density at radius 3 is 1.71 bits per heavy atom. The second-order valence-electron chi connectivity index (χ2n) is 6.07. The molecule has 0 aromatic heterocycles. The Bertz CT molecular complexity index is 166. The fourth-order valence-electron chi connectivity index (χ4n) is 2.80. The summed E-state index contributed by atoms with van der Waals surface area (Å²) in [7, 11) is 0. The molecule has 0 saturated carbocycles. The van der Waals surface area contributed by atoms with Crippen molar-refractivity contribution in [3.05, 3.63) is 0 Å². The minimum Gasteiger partial charge on any atom is -0.393 e. The van der Waals surface area contributed by atoms with Crippen molar-refractivity contribution in [1.82, 2.24) is 0 Å². The summed E-state index contributed by atoms with van der Waals surface area (Å²) in [6.07, 6.45) is 9.37. The summed E-state index contributed by atoms with van der Waals surface area (Å²) in [5, 5.41) is 10.6. The van der Waals surface area contributed by atoms with Crippen LogP contribution in [0.1, 0.15) is 86.0 Å². The van der Waals surface area contributed by atoms with Gasteiger partial charge in [0.15, 0.2) is 0 Å². The van der Waals surface area contributed by atoms with Crippen molar-refractivity contribution in [1.29, 1.82) is 0 Å². The number of hydrogen-bond acceptors (Lipinski definition) is 1. The molecule has 0 radical (unpaired) electrons. The lowest BCUT2D eigenvalue weighted by Gasteiger charge is -2.39. The highest BCUT2D eigenvalue weighted by atomic mass is 16.3. The van der Waals surface area contributed by atoms with E-state index in [4.69, 9.17) is 0 Å². The molecule has 0 amide bonds. The van der Waals surface area contributed by atoms with Crippen molar-refractivity contribution in [2.24, 2.45) is 11.3 Å². The molecule has 17 heavy (non-hydrogen) atoms. The zero-order valence-corrected chi connectivity index (χ0v) is 12.8. The molecule has 0 spiro atoms. The van der Waals surface area contributed by atoms with Gasteiger partial charge in [-0.15, -0.1) is 0 Å². The maximum absolute atomic E-state index is 10.6. The van der Waals surface area contributed by atoms with Gasteiger partial charge in [0.1, 0.15) is 0 Å². The summed E-state index contributed by atoms with van der Waals surface area (Å²) in [6, 6.07) is 0. The van der Waals surface area contributed by atoms with E-state index in [1.54, 1.807) is 0 Å². The summed E-state index contributed by atoms with van der Waals surface area (Å²) in [5.41, 5.74) is 0.191. The van der Waals surface area contributed by atoms with Gasteiger partial charge in [0.05, 0.1) is 6.10 Å². The lowest BCUT2D eigenvalue weighted by atomic mass is 9.70. The van der Waals surface area contributed by atoms with Gasteiger partial charge in [-0.25, -0.2) is 0 Å². The third-order valence-corrected chi connectivity index (χ3v) is 4.16. The molecule has 1 unspecified atom stereocenters. The normalized spacial score (nSPS) is 14.3. The van der Waals surface area contributed by atoms with Crippen molar-refractivity contribution in [2.75, 3.05) is 0 Å². The molecule has 0 heterocycles. The second-order valence-corrected chi connectivity index (χ2v) is 6.07. The van der Waals surface area contributed by atoms with Crippen LogP contribution in [0.3, 0.4) is 0 Å². The summed E-state index contributed by atoms with van der Waals surface area (Å²) < 4.78 is 0. The van der Waals surface area contributed by atoms with Crippen molar-refractivity contribution < 1.29 is 5.11 Å². The number of aliphatic hydroxyl groups is 1. The van der Waals surface area contributed by atoms with Crippen LogP contribution in [0.15, 0.2) is 0 Å². The van der Waals surface area contributed by atoms with Gasteiger partial charge in [0.2, 0.25) is 0 Å². The van der Waals surface area contributed by atoms with Crippen molar-refractivity contribution in [3.8, 4) is 0 Å². The molecule has 0 saturated heterocycles. The topological polar surface area (TPSA) is 20.2 Å². The number of rotatable bonds is 10. The van der Waals surface area contributed by atoms with Crippen LogP contribution in [0.2, 0.25) is 0 Å². The smallest absolute Gasteiger partial charge is 0.0598 e. The fourth-order valence-corrected chi connectivity index (χ4v) is 2.80. The number of aliphatic hydroxyl groups excluding tert-OH is 1. The minimum atomic E-state index is -0.106. The zero-order chi connectivity index (χ0) is 13.3. The molecular weight excluding hydrogens is 208 g/mol. The SMILES string of the molecule is CCCCC(CC)(CCCC)C(O)CC(C)C. The Kier molecular flexibility index (Phi) is 8.94. The van der Waals surface area contributed by atoms with Gasteiger partial charge in [0.25, 0.3) is 0 Å². The van der Waals surface area contributed by atoms with E-state index in [1.165, 1.54) is 38.5 Å². The summed E-state index contributed by atoms with van der Waals surface area (Å²) in [5.74, 6) is 0.596. The van der Waals surface area contributed by atoms with Gasteiger partial charge < -0.3 is 5.11 Å². The molecule has 0 aromatic rings. The summed E-state index contributed by atoms with van der Waals surface area (Å²) in [4.78, 5) is 0.